The highest BCUT2D eigenvalue weighted by atomic mass is 14.7. The van der Waals surface area contributed by atoms with Crippen molar-refractivity contribution in [3.63, 3.8) is 0 Å². The SMILES string of the molecule is CC.CC.CC.Nc1ccc(N)cc1.Nc1cccc(N)c1.Nc1ccccc1N. The van der Waals surface area contributed by atoms with Gasteiger partial charge in [-0.1, -0.05) is 59.7 Å². The van der Waals surface area contributed by atoms with Gasteiger partial charge in [-0.25, -0.2) is 0 Å². The molecule has 0 fully saturated rings. The summed E-state index contributed by atoms with van der Waals surface area (Å²) >= 11 is 0. The van der Waals surface area contributed by atoms with Crippen molar-refractivity contribution < 1.29 is 0 Å². The minimum absolute atomic E-state index is 0.646. The summed E-state index contributed by atoms with van der Waals surface area (Å²) in [6.07, 6.45) is 0. The normalized spacial score (nSPS) is 7.80. The van der Waals surface area contributed by atoms with Crippen molar-refractivity contribution in [3.8, 4) is 0 Å². The molecule has 3 rings (SSSR count). The molecule has 0 aliphatic carbocycles. The highest BCUT2D eigenvalue weighted by molar-refractivity contribution is 5.62. The van der Waals surface area contributed by atoms with Gasteiger partial charge >= 0.3 is 0 Å². The van der Waals surface area contributed by atoms with Crippen molar-refractivity contribution in [1.82, 2.24) is 0 Å². The third-order valence-corrected chi connectivity index (χ3v) is 2.84. The van der Waals surface area contributed by atoms with Crippen LogP contribution in [0.5, 0.6) is 0 Å². The van der Waals surface area contributed by atoms with E-state index in [1.807, 2.05) is 59.7 Å². The molecule has 0 aromatic heterocycles. The molecule has 6 heteroatoms. The Bertz CT molecular complexity index is 683. The summed E-state index contributed by atoms with van der Waals surface area (Å²) in [4.78, 5) is 0. The Balaban J connectivity index is -0.000000323. The quantitative estimate of drug-likeness (QED) is 0.262. The lowest BCUT2D eigenvalue weighted by Crippen LogP contribution is -1.91. The predicted molar refractivity (Wildman–Crippen MR) is 140 cm³/mol. The lowest BCUT2D eigenvalue weighted by atomic mass is 10.3. The molecule has 0 aliphatic rings. The monoisotopic (exact) mass is 414 g/mol. The first-order valence-corrected chi connectivity index (χ1v) is 10.2. The van der Waals surface area contributed by atoms with E-state index in [-0.39, 0.29) is 0 Å². The van der Waals surface area contributed by atoms with Crippen LogP contribution in [0.25, 0.3) is 0 Å². The number of para-hydroxylation sites is 2. The van der Waals surface area contributed by atoms with Gasteiger partial charge in [-0.05, 0) is 54.6 Å². The molecule has 0 aliphatic heterocycles. The van der Waals surface area contributed by atoms with E-state index >= 15 is 0 Å². The second-order valence-corrected chi connectivity index (χ2v) is 4.97. The highest BCUT2D eigenvalue weighted by Gasteiger charge is 1.85. The Hall–Kier alpha value is -3.54. The van der Waals surface area contributed by atoms with Crippen molar-refractivity contribution in [2.24, 2.45) is 0 Å². The molecule has 12 N–H and O–H groups in total. The summed E-state index contributed by atoms with van der Waals surface area (Å²) in [6, 6.07) is 21.5. The zero-order valence-electron chi connectivity index (χ0n) is 19.4. The van der Waals surface area contributed by atoms with E-state index in [1.165, 1.54) is 0 Å². The third kappa shape index (κ3) is 17.9. The van der Waals surface area contributed by atoms with E-state index < -0.39 is 0 Å². The molecule has 0 spiro atoms. The Morgan fingerprint density at radius 2 is 0.667 bits per heavy atom. The molecule has 0 radical (unpaired) electrons. The van der Waals surface area contributed by atoms with Crippen LogP contribution >= 0.6 is 0 Å². The number of anilines is 6. The zero-order chi connectivity index (χ0) is 23.9. The summed E-state index contributed by atoms with van der Waals surface area (Å²) < 4.78 is 0. The minimum atomic E-state index is 0.646. The molecular formula is C24H42N6. The van der Waals surface area contributed by atoms with Gasteiger partial charge in [0.2, 0.25) is 0 Å². The first-order valence-electron chi connectivity index (χ1n) is 10.2. The average molecular weight is 415 g/mol. The number of nitrogen functional groups attached to an aromatic ring is 6. The highest BCUT2D eigenvalue weighted by Crippen LogP contribution is 2.10. The second-order valence-electron chi connectivity index (χ2n) is 4.97. The third-order valence-electron chi connectivity index (χ3n) is 2.84. The lowest BCUT2D eigenvalue weighted by Gasteiger charge is -1.94. The van der Waals surface area contributed by atoms with E-state index in [9.17, 15) is 0 Å². The topological polar surface area (TPSA) is 156 Å². The molecule has 0 bridgehead atoms. The van der Waals surface area contributed by atoms with Crippen LogP contribution < -0.4 is 34.4 Å². The largest absolute Gasteiger partial charge is 0.399 e. The van der Waals surface area contributed by atoms with Crippen LogP contribution in [-0.4, -0.2) is 0 Å². The Morgan fingerprint density at radius 1 is 0.367 bits per heavy atom. The van der Waals surface area contributed by atoms with Gasteiger partial charge in [0.05, 0.1) is 11.4 Å². The van der Waals surface area contributed by atoms with Gasteiger partial charge in [-0.3, -0.25) is 0 Å². The maximum Gasteiger partial charge on any atom is 0.0547 e. The van der Waals surface area contributed by atoms with Crippen molar-refractivity contribution in [2.75, 3.05) is 34.4 Å². The lowest BCUT2D eigenvalue weighted by molar-refractivity contribution is 1.50. The summed E-state index contributed by atoms with van der Waals surface area (Å²) in [5, 5.41) is 0. The number of benzene rings is 3. The van der Waals surface area contributed by atoms with Crippen LogP contribution in [-0.2, 0) is 0 Å². The van der Waals surface area contributed by atoms with E-state index in [1.54, 1.807) is 54.6 Å². The number of hydrogen-bond acceptors (Lipinski definition) is 6. The number of nitrogens with two attached hydrogens (primary N) is 6. The van der Waals surface area contributed by atoms with Crippen molar-refractivity contribution in [2.45, 2.75) is 41.5 Å². The molecule has 0 unspecified atom stereocenters. The average Bonchev–Trinajstić information content (AvgIpc) is 2.77. The molecule has 0 heterocycles. The molecule has 0 atom stereocenters. The smallest absolute Gasteiger partial charge is 0.0547 e. The maximum atomic E-state index is 5.39. The van der Waals surface area contributed by atoms with Gasteiger partial charge in [0, 0.05) is 22.7 Å². The van der Waals surface area contributed by atoms with E-state index in [0.717, 1.165) is 11.4 Å². The van der Waals surface area contributed by atoms with Crippen LogP contribution in [0.4, 0.5) is 34.1 Å². The first-order chi connectivity index (χ1) is 14.4. The molecule has 30 heavy (non-hydrogen) atoms. The van der Waals surface area contributed by atoms with Crippen molar-refractivity contribution in [3.05, 3.63) is 72.8 Å². The Kier molecular flexibility index (Phi) is 22.6. The van der Waals surface area contributed by atoms with Crippen LogP contribution in [0.1, 0.15) is 41.5 Å². The first kappa shape index (κ1) is 31.2. The van der Waals surface area contributed by atoms with Crippen LogP contribution in [0.2, 0.25) is 0 Å². The molecular weight excluding hydrogens is 372 g/mol. The molecule has 3 aromatic rings. The van der Waals surface area contributed by atoms with Crippen molar-refractivity contribution in [1.29, 1.82) is 0 Å². The van der Waals surface area contributed by atoms with Crippen LogP contribution in [0.3, 0.4) is 0 Å². The Morgan fingerprint density at radius 3 is 0.867 bits per heavy atom. The van der Waals surface area contributed by atoms with Gasteiger partial charge in [0.25, 0.3) is 0 Å². The number of hydrogen-bond donors (Lipinski definition) is 6. The van der Waals surface area contributed by atoms with Gasteiger partial charge in [-0.2, -0.15) is 0 Å². The summed E-state index contributed by atoms with van der Waals surface area (Å²) in [5.74, 6) is 0. The van der Waals surface area contributed by atoms with E-state index in [4.69, 9.17) is 34.4 Å². The molecule has 3 aromatic carbocycles. The minimum Gasteiger partial charge on any atom is -0.399 e. The van der Waals surface area contributed by atoms with E-state index in [0.29, 0.717) is 22.7 Å². The summed E-state index contributed by atoms with van der Waals surface area (Å²) in [5.41, 5.74) is 36.5. The molecule has 0 amide bonds. The fraction of sp³-hybridized carbons (Fsp3) is 0.250. The summed E-state index contributed by atoms with van der Waals surface area (Å²) in [7, 11) is 0. The van der Waals surface area contributed by atoms with Gasteiger partial charge < -0.3 is 34.4 Å². The second kappa shape index (κ2) is 21.8. The van der Waals surface area contributed by atoms with E-state index in [2.05, 4.69) is 0 Å². The molecule has 6 nitrogen and oxygen atoms in total. The van der Waals surface area contributed by atoms with Gasteiger partial charge in [0.15, 0.2) is 0 Å². The fourth-order valence-corrected chi connectivity index (χ4v) is 1.57. The maximum absolute atomic E-state index is 5.39. The van der Waals surface area contributed by atoms with Gasteiger partial charge in [-0.15, -0.1) is 0 Å². The predicted octanol–water partition coefficient (Wildman–Crippen LogP) is 5.63. The standard InChI is InChI=1S/3C6H8N2.3C2H6/c7-5-1-2-6(8)4-3-5;7-5-2-1-3-6(8)4-5;7-5-3-1-2-4-6(5)8;3*1-2/h3*1-4H,7-8H2;3*1-2H3. The van der Waals surface area contributed by atoms with Crippen molar-refractivity contribution >= 4 is 34.1 Å². The number of rotatable bonds is 0. The fourth-order valence-electron chi connectivity index (χ4n) is 1.57. The molecule has 0 saturated heterocycles. The summed E-state index contributed by atoms with van der Waals surface area (Å²) in [6.45, 7) is 12.0. The zero-order valence-corrected chi connectivity index (χ0v) is 19.4. The molecule has 0 saturated carbocycles. The van der Waals surface area contributed by atoms with Crippen LogP contribution in [0, 0.1) is 0 Å². The van der Waals surface area contributed by atoms with Crippen LogP contribution in [0.15, 0.2) is 72.8 Å². The van der Waals surface area contributed by atoms with Gasteiger partial charge in [0.1, 0.15) is 0 Å². The Labute approximate surface area is 183 Å². The molecule has 168 valence electrons.